The first-order chi connectivity index (χ1) is 13.4. The van der Waals surface area contributed by atoms with Crippen LogP contribution < -0.4 is 10.1 Å². The molecule has 2 aromatic carbocycles. The second kappa shape index (κ2) is 9.17. The van der Waals surface area contributed by atoms with Gasteiger partial charge in [0.25, 0.3) is 0 Å². The topological polar surface area (TPSA) is 78.8 Å². The van der Waals surface area contributed by atoms with E-state index in [1.807, 2.05) is 18.2 Å². The van der Waals surface area contributed by atoms with Gasteiger partial charge in [-0.1, -0.05) is 18.2 Å². The summed E-state index contributed by atoms with van der Waals surface area (Å²) in [7, 11) is 0. The lowest BCUT2D eigenvalue weighted by Gasteiger charge is -2.32. The Kier molecular flexibility index (Phi) is 6.65. The van der Waals surface area contributed by atoms with Crippen LogP contribution in [-0.4, -0.2) is 41.0 Å². The van der Waals surface area contributed by atoms with Gasteiger partial charge in [0, 0.05) is 13.5 Å². The van der Waals surface area contributed by atoms with Gasteiger partial charge in [0.1, 0.15) is 23.8 Å². The fourth-order valence-corrected chi connectivity index (χ4v) is 3.57. The van der Waals surface area contributed by atoms with Crippen molar-refractivity contribution in [2.45, 2.75) is 50.9 Å². The van der Waals surface area contributed by atoms with E-state index >= 15 is 0 Å². The molecule has 0 bridgehead atoms. The van der Waals surface area contributed by atoms with E-state index in [0.29, 0.717) is 37.1 Å². The smallest absolute Gasteiger partial charge is 0.216 e. The molecular weight excluding hydrogens is 361 g/mol. The summed E-state index contributed by atoms with van der Waals surface area (Å²) in [6, 6.07) is 11.8. The van der Waals surface area contributed by atoms with E-state index in [2.05, 4.69) is 5.32 Å². The summed E-state index contributed by atoms with van der Waals surface area (Å²) < 4.78 is 19.7. The van der Waals surface area contributed by atoms with Crippen molar-refractivity contribution in [1.82, 2.24) is 5.32 Å². The van der Waals surface area contributed by atoms with Crippen LogP contribution >= 0.6 is 0 Å². The average molecular weight is 387 g/mol. The van der Waals surface area contributed by atoms with Crippen LogP contribution in [0, 0.1) is 5.82 Å². The second-order valence-electron chi connectivity index (χ2n) is 7.21. The first-order valence-electron chi connectivity index (χ1n) is 9.60. The molecular formula is C22H26FNO4. The number of ether oxygens (including phenoxy) is 1. The average Bonchev–Trinajstić information content (AvgIpc) is 2.66. The van der Waals surface area contributed by atoms with E-state index < -0.39 is 18.3 Å². The van der Waals surface area contributed by atoms with Crippen LogP contribution in [0.2, 0.25) is 0 Å². The summed E-state index contributed by atoms with van der Waals surface area (Å²) in [5.41, 5.74) is 2.48. The lowest BCUT2D eigenvalue weighted by atomic mass is 9.92. The lowest BCUT2D eigenvalue weighted by molar-refractivity contribution is -0.118. The van der Waals surface area contributed by atoms with Gasteiger partial charge in [0.2, 0.25) is 5.91 Å². The number of hydrogen-bond donors (Lipinski definition) is 3. The number of aliphatic hydroxyl groups is 2. The minimum Gasteiger partial charge on any atom is -0.488 e. The minimum absolute atomic E-state index is 0.0999. The number of carbonyl (C=O) groups is 1. The van der Waals surface area contributed by atoms with E-state index in [1.54, 1.807) is 12.1 Å². The molecule has 0 unspecified atom stereocenters. The Morgan fingerprint density at radius 1 is 1.21 bits per heavy atom. The predicted molar refractivity (Wildman–Crippen MR) is 105 cm³/mol. The molecule has 1 fully saturated rings. The number of nitrogens with one attached hydrogen (secondary N) is 1. The minimum atomic E-state index is -0.925. The first kappa shape index (κ1) is 20.3. The van der Waals surface area contributed by atoms with Gasteiger partial charge in [-0.25, -0.2) is 4.39 Å². The fourth-order valence-electron chi connectivity index (χ4n) is 3.57. The Bertz CT molecular complexity index is 826. The molecule has 1 saturated carbocycles. The Hall–Kier alpha value is -2.44. The van der Waals surface area contributed by atoms with Crippen LogP contribution in [0.4, 0.5) is 4.39 Å². The highest BCUT2D eigenvalue weighted by Gasteiger charge is 2.32. The molecule has 1 amide bonds. The third kappa shape index (κ3) is 5.09. The van der Waals surface area contributed by atoms with E-state index in [-0.39, 0.29) is 11.7 Å². The third-order valence-corrected chi connectivity index (χ3v) is 5.04. The van der Waals surface area contributed by atoms with E-state index in [9.17, 15) is 19.4 Å². The second-order valence-corrected chi connectivity index (χ2v) is 7.21. The van der Waals surface area contributed by atoms with Gasteiger partial charge in [0.05, 0.1) is 6.10 Å². The molecule has 0 spiro atoms. The summed E-state index contributed by atoms with van der Waals surface area (Å²) in [6.07, 6.45) is 0.430. The molecule has 5 nitrogen and oxygen atoms in total. The quantitative estimate of drug-likeness (QED) is 0.712. The summed E-state index contributed by atoms with van der Waals surface area (Å²) in [4.78, 5) is 11.1. The molecule has 1 aliphatic rings. The third-order valence-electron chi connectivity index (χ3n) is 5.04. The number of halogens is 1. The standard InChI is InChI=1S/C22H26FNO4/c1-14(25)24-11-10-15-8-9-18(28-21-7-3-6-20(26)22(21)27)13-19(15)16-4-2-5-17(23)12-16/h2,4-5,8-9,12-13,20-22,26-27H,3,6-7,10-11H2,1H3,(H,24,25)/t20-,21-,22-/m1/s1. The van der Waals surface area contributed by atoms with Gasteiger partial charge in [-0.15, -0.1) is 0 Å². The maximum Gasteiger partial charge on any atom is 0.216 e. The van der Waals surface area contributed by atoms with Gasteiger partial charge >= 0.3 is 0 Å². The Morgan fingerprint density at radius 2 is 2.04 bits per heavy atom. The molecule has 0 radical (unpaired) electrons. The highest BCUT2D eigenvalue weighted by Crippen LogP contribution is 2.31. The maximum absolute atomic E-state index is 13.8. The van der Waals surface area contributed by atoms with Crippen LogP contribution in [-0.2, 0) is 11.2 Å². The fraction of sp³-hybridized carbons (Fsp3) is 0.409. The largest absolute Gasteiger partial charge is 0.488 e. The van der Waals surface area contributed by atoms with Gasteiger partial charge < -0.3 is 20.3 Å². The Balaban J connectivity index is 1.86. The highest BCUT2D eigenvalue weighted by molar-refractivity contribution is 5.73. The molecule has 0 aliphatic heterocycles. The van der Waals surface area contributed by atoms with Gasteiger partial charge in [0.15, 0.2) is 0 Å². The molecule has 3 rings (SSSR count). The van der Waals surface area contributed by atoms with Gasteiger partial charge in [-0.3, -0.25) is 4.79 Å². The lowest BCUT2D eigenvalue weighted by Crippen LogP contribution is -2.44. The number of aliphatic hydroxyl groups excluding tert-OH is 2. The molecule has 28 heavy (non-hydrogen) atoms. The predicted octanol–water partition coefficient (Wildman–Crippen LogP) is 2.82. The molecule has 0 aromatic heterocycles. The number of hydrogen-bond acceptors (Lipinski definition) is 4. The van der Waals surface area contributed by atoms with E-state index in [0.717, 1.165) is 17.5 Å². The summed E-state index contributed by atoms with van der Waals surface area (Å²) >= 11 is 0. The number of rotatable bonds is 6. The van der Waals surface area contributed by atoms with Crippen LogP contribution in [0.1, 0.15) is 31.7 Å². The highest BCUT2D eigenvalue weighted by atomic mass is 19.1. The van der Waals surface area contributed by atoms with Crippen molar-refractivity contribution < 1.29 is 24.1 Å². The molecule has 2 aromatic rings. The molecule has 3 atom stereocenters. The molecule has 0 heterocycles. The van der Waals surface area contributed by atoms with Crippen molar-refractivity contribution >= 4 is 5.91 Å². The van der Waals surface area contributed by atoms with E-state index in [1.165, 1.54) is 19.1 Å². The monoisotopic (exact) mass is 387 g/mol. The van der Waals surface area contributed by atoms with Crippen molar-refractivity contribution in [3.05, 3.63) is 53.8 Å². The molecule has 1 aliphatic carbocycles. The van der Waals surface area contributed by atoms with Crippen LogP contribution in [0.15, 0.2) is 42.5 Å². The van der Waals surface area contributed by atoms with Crippen molar-refractivity contribution in [3.63, 3.8) is 0 Å². The zero-order valence-electron chi connectivity index (χ0n) is 15.9. The van der Waals surface area contributed by atoms with Crippen molar-refractivity contribution in [2.75, 3.05) is 6.54 Å². The van der Waals surface area contributed by atoms with Crippen LogP contribution in [0.5, 0.6) is 5.75 Å². The molecule has 0 saturated heterocycles. The zero-order valence-corrected chi connectivity index (χ0v) is 15.9. The van der Waals surface area contributed by atoms with Crippen LogP contribution in [0.3, 0.4) is 0 Å². The van der Waals surface area contributed by atoms with Crippen molar-refractivity contribution in [1.29, 1.82) is 0 Å². The normalized spacial score (nSPS) is 21.9. The van der Waals surface area contributed by atoms with Crippen LogP contribution in [0.25, 0.3) is 11.1 Å². The Morgan fingerprint density at radius 3 is 2.79 bits per heavy atom. The van der Waals surface area contributed by atoms with Crippen molar-refractivity contribution in [3.8, 4) is 16.9 Å². The zero-order chi connectivity index (χ0) is 20.1. The molecule has 3 N–H and O–H groups in total. The van der Waals surface area contributed by atoms with Gasteiger partial charge in [-0.05, 0) is 66.6 Å². The van der Waals surface area contributed by atoms with Gasteiger partial charge in [-0.2, -0.15) is 0 Å². The number of benzene rings is 2. The van der Waals surface area contributed by atoms with Crippen molar-refractivity contribution in [2.24, 2.45) is 0 Å². The SMILES string of the molecule is CC(=O)NCCc1ccc(O[C@@H]2CCC[C@@H](O)[C@H]2O)cc1-c1cccc(F)c1. The maximum atomic E-state index is 13.8. The number of carbonyl (C=O) groups excluding carboxylic acids is 1. The summed E-state index contributed by atoms with van der Waals surface area (Å²) in [5.74, 6) is 0.125. The Labute approximate surface area is 164 Å². The summed E-state index contributed by atoms with van der Waals surface area (Å²) in [5, 5.41) is 22.8. The number of amides is 1. The van der Waals surface area contributed by atoms with E-state index in [4.69, 9.17) is 4.74 Å². The molecule has 150 valence electrons. The molecule has 6 heteroatoms. The first-order valence-corrected chi connectivity index (χ1v) is 9.60. The summed E-state index contributed by atoms with van der Waals surface area (Å²) in [6.45, 7) is 1.94.